The van der Waals surface area contributed by atoms with E-state index in [-0.39, 0.29) is 0 Å². The van der Waals surface area contributed by atoms with E-state index >= 15 is 0 Å². The summed E-state index contributed by atoms with van der Waals surface area (Å²) in [7, 11) is 0.982. The lowest BCUT2D eigenvalue weighted by Gasteiger charge is -2.13. The molecule has 0 saturated carbocycles. The molecule has 0 aliphatic carbocycles. The van der Waals surface area contributed by atoms with Gasteiger partial charge in [-0.1, -0.05) is 83.2 Å². The molecule has 0 nitrogen and oxygen atoms in total. The molecule has 0 heterocycles. The zero-order chi connectivity index (χ0) is 15.8. The Morgan fingerprint density at radius 1 is 0.652 bits per heavy atom. The van der Waals surface area contributed by atoms with Crippen LogP contribution in [0.1, 0.15) is 11.1 Å². The van der Waals surface area contributed by atoms with Gasteiger partial charge in [-0.05, 0) is 47.0 Å². The van der Waals surface area contributed by atoms with Crippen LogP contribution in [-0.4, -0.2) is 7.28 Å². The summed E-state index contributed by atoms with van der Waals surface area (Å²) in [5.74, 6) is 0. The standard InChI is InChI=1S/C22H19B/c1-15-8-7-13-21(16(15)2)23-22-19-11-5-3-9-17(19)14-18-10-4-6-12-20(18)22/h3-14,23H,1-2H3. The van der Waals surface area contributed by atoms with E-state index in [1.54, 1.807) is 0 Å². The van der Waals surface area contributed by atoms with Gasteiger partial charge in [-0.15, -0.1) is 0 Å². The molecule has 0 radical (unpaired) electrons. The first-order valence-corrected chi connectivity index (χ1v) is 8.18. The van der Waals surface area contributed by atoms with Crippen molar-refractivity contribution >= 4 is 39.8 Å². The van der Waals surface area contributed by atoms with Gasteiger partial charge in [0, 0.05) is 0 Å². The molecule has 4 aromatic carbocycles. The van der Waals surface area contributed by atoms with Gasteiger partial charge in [-0.2, -0.15) is 0 Å². The van der Waals surface area contributed by atoms with E-state index in [9.17, 15) is 0 Å². The van der Waals surface area contributed by atoms with Crippen molar-refractivity contribution in [2.75, 3.05) is 0 Å². The molecule has 4 rings (SSSR count). The summed E-state index contributed by atoms with van der Waals surface area (Å²) in [4.78, 5) is 0. The molecule has 0 saturated heterocycles. The molecule has 0 aliphatic rings. The van der Waals surface area contributed by atoms with Crippen LogP contribution in [-0.2, 0) is 0 Å². The van der Waals surface area contributed by atoms with E-state index in [0.29, 0.717) is 0 Å². The van der Waals surface area contributed by atoms with E-state index in [1.165, 1.54) is 43.6 Å². The SMILES string of the molecule is Cc1cccc(Bc2c3ccccc3cc3ccccc23)c1C. The Morgan fingerprint density at radius 2 is 1.26 bits per heavy atom. The van der Waals surface area contributed by atoms with Crippen molar-refractivity contribution in [2.45, 2.75) is 13.8 Å². The fourth-order valence-electron chi connectivity index (χ4n) is 3.49. The topological polar surface area (TPSA) is 0 Å². The smallest absolute Gasteiger partial charge is 0.0754 e. The van der Waals surface area contributed by atoms with E-state index in [2.05, 4.69) is 86.6 Å². The van der Waals surface area contributed by atoms with E-state index in [1.807, 2.05) is 0 Å². The molecular formula is C22H19B. The minimum atomic E-state index is 0.982. The Labute approximate surface area is 138 Å². The molecule has 0 unspecified atom stereocenters. The number of fused-ring (bicyclic) bond motifs is 2. The number of hydrogen-bond donors (Lipinski definition) is 0. The maximum atomic E-state index is 2.30. The molecule has 1 heteroatoms. The Kier molecular flexibility index (Phi) is 3.42. The van der Waals surface area contributed by atoms with Crippen molar-refractivity contribution in [3.05, 3.63) is 83.9 Å². The van der Waals surface area contributed by atoms with Gasteiger partial charge in [0.25, 0.3) is 0 Å². The summed E-state index contributed by atoms with van der Waals surface area (Å²) in [6.07, 6.45) is 0. The molecule has 0 amide bonds. The zero-order valence-electron chi connectivity index (χ0n) is 13.6. The highest BCUT2D eigenvalue weighted by atomic mass is 14.1. The lowest BCUT2D eigenvalue weighted by atomic mass is 9.59. The van der Waals surface area contributed by atoms with Gasteiger partial charge < -0.3 is 0 Å². The van der Waals surface area contributed by atoms with Crippen LogP contribution in [0.2, 0.25) is 0 Å². The summed E-state index contributed by atoms with van der Waals surface area (Å²) in [5, 5.41) is 5.39. The molecule has 110 valence electrons. The van der Waals surface area contributed by atoms with Gasteiger partial charge in [0.2, 0.25) is 0 Å². The predicted molar refractivity (Wildman–Crippen MR) is 104 cm³/mol. The Balaban J connectivity index is 2.01. The van der Waals surface area contributed by atoms with Crippen LogP contribution >= 0.6 is 0 Å². The van der Waals surface area contributed by atoms with Crippen LogP contribution < -0.4 is 10.9 Å². The van der Waals surface area contributed by atoms with Crippen LogP contribution in [0.3, 0.4) is 0 Å². The van der Waals surface area contributed by atoms with Crippen LogP contribution in [0.25, 0.3) is 21.5 Å². The Bertz CT molecular complexity index is 961. The van der Waals surface area contributed by atoms with E-state index in [4.69, 9.17) is 0 Å². The molecule has 0 aliphatic heterocycles. The first kappa shape index (κ1) is 14.1. The summed E-state index contributed by atoms with van der Waals surface area (Å²) in [5.41, 5.74) is 5.63. The molecule has 0 atom stereocenters. The van der Waals surface area contributed by atoms with Crippen molar-refractivity contribution < 1.29 is 0 Å². The van der Waals surface area contributed by atoms with Gasteiger partial charge in [0.15, 0.2) is 7.28 Å². The summed E-state index contributed by atoms with van der Waals surface area (Å²) < 4.78 is 0. The number of rotatable bonds is 2. The quantitative estimate of drug-likeness (QED) is 0.387. The highest BCUT2D eigenvalue weighted by Gasteiger charge is 2.11. The first-order chi connectivity index (χ1) is 11.2. The molecule has 4 aromatic rings. The second kappa shape index (κ2) is 5.59. The second-order valence-corrected chi connectivity index (χ2v) is 6.33. The molecule has 0 spiro atoms. The molecule has 23 heavy (non-hydrogen) atoms. The second-order valence-electron chi connectivity index (χ2n) is 6.33. The monoisotopic (exact) mass is 294 g/mol. The fraction of sp³-hybridized carbons (Fsp3) is 0.0909. The minimum Gasteiger partial charge on any atom is -0.0754 e. The summed E-state index contributed by atoms with van der Waals surface area (Å²) in [6, 6.07) is 26.4. The molecule has 0 N–H and O–H groups in total. The number of aryl methyl sites for hydroxylation is 1. The Hall–Kier alpha value is -2.54. The lowest BCUT2D eigenvalue weighted by Crippen LogP contribution is -2.30. The number of benzene rings is 4. The highest BCUT2D eigenvalue weighted by molar-refractivity contribution is 6.73. The molecule has 0 aromatic heterocycles. The van der Waals surface area contributed by atoms with Crippen molar-refractivity contribution in [1.82, 2.24) is 0 Å². The maximum Gasteiger partial charge on any atom is 0.194 e. The van der Waals surface area contributed by atoms with E-state index < -0.39 is 0 Å². The van der Waals surface area contributed by atoms with Crippen LogP contribution in [0.5, 0.6) is 0 Å². The average molecular weight is 294 g/mol. The summed E-state index contributed by atoms with van der Waals surface area (Å²) >= 11 is 0. The van der Waals surface area contributed by atoms with Crippen molar-refractivity contribution in [1.29, 1.82) is 0 Å². The third-order valence-corrected chi connectivity index (χ3v) is 4.97. The van der Waals surface area contributed by atoms with Gasteiger partial charge in [0.05, 0.1) is 0 Å². The minimum absolute atomic E-state index is 0.982. The summed E-state index contributed by atoms with van der Waals surface area (Å²) in [6.45, 7) is 4.43. The lowest BCUT2D eigenvalue weighted by molar-refractivity contribution is 1.37. The van der Waals surface area contributed by atoms with Crippen molar-refractivity contribution in [3.63, 3.8) is 0 Å². The Morgan fingerprint density at radius 3 is 1.91 bits per heavy atom. The van der Waals surface area contributed by atoms with Gasteiger partial charge >= 0.3 is 0 Å². The van der Waals surface area contributed by atoms with Gasteiger partial charge in [-0.3, -0.25) is 0 Å². The van der Waals surface area contributed by atoms with Gasteiger partial charge in [-0.25, -0.2) is 0 Å². The normalized spacial score (nSPS) is 11.0. The number of hydrogen-bond acceptors (Lipinski definition) is 0. The third-order valence-electron chi connectivity index (χ3n) is 4.97. The van der Waals surface area contributed by atoms with Crippen LogP contribution in [0.15, 0.2) is 72.8 Å². The van der Waals surface area contributed by atoms with E-state index in [0.717, 1.165) is 7.28 Å². The predicted octanol–water partition coefficient (Wildman–Crippen LogP) is 4.00. The highest BCUT2D eigenvalue weighted by Crippen LogP contribution is 2.20. The maximum absolute atomic E-state index is 2.30. The molecule has 0 fully saturated rings. The molecule has 0 bridgehead atoms. The van der Waals surface area contributed by atoms with Crippen LogP contribution in [0, 0.1) is 13.8 Å². The average Bonchev–Trinajstić information content (AvgIpc) is 2.58. The fourth-order valence-corrected chi connectivity index (χ4v) is 3.49. The zero-order valence-corrected chi connectivity index (χ0v) is 13.6. The van der Waals surface area contributed by atoms with Crippen molar-refractivity contribution in [3.8, 4) is 0 Å². The van der Waals surface area contributed by atoms with Gasteiger partial charge in [0.1, 0.15) is 0 Å². The first-order valence-electron chi connectivity index (χ1n) is 8.18. The van der Waals surface area contributed by atoms with Crippen LogP contribution in [0.4, 0.5) is 0 Å². The van der Waals surface area contributed by atoms with Crippen molar-refractivity contribution in [2.24, 2.45) is 0 Å². The largest absolute Gasteiger partial charge is 0.194 e. The molecular weight excluding hydrogens is 275 g/mol. The third kappa shape index (κ3) is 2.43.